The molecule has 160 valence electrons. The van der Waals surface area contributed by atoms with Crippen molar-refractivity contribution >= 4 is 16.6 Å². The number of anilines is 1. The van der Waals surface area contributed by atoms with Gasteiger partial charge in [0, 0.05) is 29.7 Å². The van der Waals surface area contributed by atoms with Gasteiger partial charge in [0.2, 0.25) is 0 Å². The fraction of sp³-hybridized carbons (Fsp3) is 0.444. The minimum atomic E-state index is 1.04. The lowest BCUT2D eigenvalue weighted by Crippen LogP contribution is -2.18. The first-order valence-electron chi connectivity index (χ1n) is 11.7. The topological polar surface area (TPSA) is 28.2 Å². The standard InChI is InChI=1S/C25H31N3.C2H6/c1-3-19-10-13-22-24(17-19)27-23(18-25(22)28-15-4-5-16-28)21-11-8-20(9-12-21)7-6-14-26-2;1-2/h8-13,17-18,26H,3-7,14-16H2,1-2H3;1-2H3. The van der Waals surface area contributed by atoms with E-state index in [1.54, 1.807) is 0 Å². The Morgan fingerprint density at radius 1 is 0.933 bits per heavy atom. The van der Waals surface area contributed by atoms with Crippen molar-refractivity contribution in [2.24, 2.45) is 0 Å². The molecule has 0 bridgehead atoms. The lowest BCUT2D eigenvalue weighted by atomic mass is 10.0. The van der Waals surface area contributed by atoms with E-state index in [2.05, 4.69) is 65.7 Å². The molecular formula is C27H37N3. The average Bonchev–Trinajstić information content (AvgIpc) is 3.35. The second-order valence-electron chi connectivity index (χ2n) is 7.83. The number of pyridine rings is 1. The first-order valence-corrected chi connectivity index (χ1v) is 11.7. The molecule has 1 aliphatic heterocycles. The number of hydrogen-bond donors (Lipinski definition) is 1. The Balaban J connectivity index is 0.00000124. The van der Waals surface area contributed by atoms with E-state index in [1.807, 2.05) is 20.9 Å². The van der Waals surface area contributed by atoms with Crippen LogP contribution in [0.25, 0.3) is 22.2 Å². The third-order valence-electron chi connectivity index (χ3n) is 5.85. The maximum atomic E-state index is 5.05. The summed E-state index contributed by atoms with van der Waals surface area (Å²) in [5.41, 5.74) is 7.51. The average molecular weight is 404 g/mol. The number of rotatable bonds is 7. The molecule has 1 saturated heterocycles. The zero-order valence-electron chi connectivity index (χ0n) is 19.2. The van der Waals surface area contributed by atoms with Crippen LogP contribution in [-0.2, 0) is 12.8 Å². The van der Waals surface area contributed by atoms with Gasteiger partial charge in [0.05, 0.1) is 11.2 Å². The number of nitrogens with one attached hydrogen (secondary N) is 1. The Hall–Kier alpha value is -2.39. The SMILES string of the molecule is CC.CCc1ccc2c(N3CCCC3)cc(-c3ccc(CCCNC)cc3)nc2c1. The van der Waals surface area contributed by atoms with Gasteiger partial charge in [-0.2, -0.15) is 0 Å². The van der Waals surface area contributed by atoms with Gasteiger partial charge < -0.3 is 10.2 Å². The van der Waals surface area contributed by atoms with E-state index in [9.17, 15) is 0 Å². The summed E-state index contributed by atoms with van der Waals surface area (Å²) in [5.74, 6) is 0. The van der Waals surface area contributed by atoms with Crippen molar-refractivity contribution in [2.75, 3.05) is 31.6 Å². The van der Waals surface area contributed by atoms with Crippen molar-refractivity contribution in [3.63, 3.8) is 0 Å². The highest BCUT2D eigenvalue weighted by molar-refractivity contribution is 5.94. The molecule has 1 aromatic heterocycles. The van der Waals surface area contributed by atoms with E-state index in [4.69, 9.17) is 4.98 Å². The van der Waals surface area contributed by atoms with Gasteiger partial charge in [-0.1, -0.05) is 57.2 Å². The van der Waals surface area contributed by atoms with Crippen LogP contribution in [-0.4, -0.2) is 31.7 Å². The van der Waals surface area contributed by atoms with Gasteiger partial charge in [-0.25, -0.2) is 4.98 Å². The lowest BCUT2D eigenvalue weighted by molar-refractivity contribution is 0.725. The van der Waals surface area contributed by atoms with Gasteiger partial charge in [-0.05, 0) is 69.0 Å². The quantitative estimate of drug-likeness (QED) is 0.473. The van der Waals surface area contributed by atoms with E-state index in [-0.39, 0.29) is 0 Å². The van der Waals surface area contributed by atoms with Crippen LogP contribution < -0.4 is 10.2 Å². The first-order chi connectivity index (χ1) is 14.8. The molecule has 30 heavy (non-hydrogen) atoms. The molecule has 2 aromatic carbocycles. The molecular weight excluding hydrogens is 366 g/mol. The molecule has 3 nitrogen and oxygen atoms in total. The number of aryl methyl sites for hydroxylation is 2. The molecule has 0 spiro atoms. The van der Waals surface area contributed by atoms with Crippen molar-refractivity contribution < 1.29 is 0 Å². The molecule has 0 radical (unpaired) electrons. The maximum absolute atomic E-state index is 5.05. The monoisotopic (exact) mass is 403 g/mol. The first kappa shape index (κ1) is 22.3. The van der Waals surface area contributed by atoms with E-state index in [1.165, 1.54) is 47.0 Å². The second kappa shape index (κ2) is 11.1. The van der Waals surface area contributed by atoms with E-state index < -0.39 is 0 Å². The highest BCUT2D eigenvalue weighted by Crippen LogP contribution is 2.33. The minimum Gasteiger partial charge on any atom is -0.371 e. The third-order valence-corrected chi connectivity index (χ3v) is 5.85. The second-order valence-corrected chi connectivity index (χ2v) is 7.83. The summed E-state index contributed by atoms with van der Waals surface area (Å²) in [4.78, 5) is 7.59. The Labute approximate surface area is 182 Å². The van der Waals surface area contributed by atoms with E-state index in [0.717, 1.165) is 43.7 Å². The summed E-state index contributed by atoms with van der Waals surface area (Å²) in [6, 6.07) is 18.1. The minimum absolute atomic E-state index is 1.04. The molecule has 1 fully saturated rings. The van der Waals surface area contributed by atoms with Crippen molar-refractivity contribution in [2.45, 2.75) is 52.9 Å². The molecule has 2 heterocycles. The number of benzene rings is 2. The van der Waals surface area contributed by atoms with Gasteiger partial charge in [0.1, 0.15) is 0 Å². The summed E-state index contributed by atoms with van der Waals surface area (Å²) in [5, 5.41) is 4.50. The van der Waals surface area contributed by atoms with Crippen LogP contribution in [0.2, 0.25) is 0 Å². The number of hydrogen-bond acceptors (Lipinski definition) is 3. The summed E-state index contributed by atoms with van der Waals surface area (Å²) >= 11 is 0. The van der Waals surface area contributed by atoms with Crippen molar-refractivity contribution in [3.8, 4) is 11.3 Å². The third kappa shape index (κ3) is 5.20. The van der Waals surface area contributed by atoms with Gasteiger partial charge >= 0.3 is 0 Å². The van der Waals surface area contributed by atoms with Crippen molar-refractivity contribution in [1.82, 2.24) is 10.3 Å². The van der Waals surface area contributed by atoms with Crippen molar-refractivity contribution in [1.29, 1.82) is 0 Å². The van der Waals surface area contributed by atoms with Gasteiger partial charge in [-0.15, -0.1) is 0 Å². The summed E-state index contributed by atoms with van der Waals surface area (Å²) in [7, 11) is 2.01. The van der Waals surface area contributed by atoms with Crippen LogP contribution >= 0.6 is 0 Å². The molecule has 0 amide bonds. The van der Waals surface area contributed by atoms with Gasteiger partial charge in [0.25, 0.3) is 0 Å². The predicted molar refractivity (Wildman–Crippen MR) is 132 cm³/mol. The fourth-order valence-corrected chi connectivity index (χ4v) is 4.15. The lowest BCUT2D eigenvalue weighted by Gasteiger charge is -2.21. The molecule has 1 N–H and O–H groups in total. The number of nitrogens with zero attached hydrogens (tertiary/aromatic N) is 2. The molecule has 3 aromatic rings. The largest absolute Gasteiger partial charge is 0.371 e. The molecule has 0 aliphatic carbocycles. The number of fused-ring (bicyclic) bond motifs is 1. The molecule has 1 aliphatic rings. The Bertz CT molecular complexity index is 925. The van der Waals surface area contributed by atoms with Crippen LogP contribution in [0.15, 0.2) is 48.5 Å². The number of aromatic nitrogens is 1. The molecule has 4 rings (SSSR count). The highest BCUT2D eigenvalue weighted by atomic mass is 15.1. The smallest absolute Gasteiger partial charge is 0.0733 e. The molecule has 0 atom stereocenters. The Kier molecular flexibility index (Phi) is 8.27. The summed E-state index contributed by atoms with van der Waals surface area (Å²) < 4.78 is 0. The van der Waals surface area contributed by atoms with Crippen LogP contribution in [0, 0.1) is 0 Å². The zero-order valence-corrected chi connectivity index (χ0v) is 19.2. The van der Waals surface area contributed by atoms with Crippen molar-refractivity contribution in [3.05, 3.63) is 59.7 Å². The van der Waals surface area contributed by atoms with Crippen LogP contribution in [0.3, 0.4) is 0 Å². The summed E-state index contributed by atoms with van der Waals surface area (Å²) in [6.07, 6.45) is 5.90. The maximum Gasteiger partial charge on any atom is 0.0733 e. The van der Waals surface area contributed by atoms with Gasteiger partial charge in [-0.3, -0.25) is 0 Å². The Morgan fingerprint density at radius 2 is 1.63 bits per heavy atom. The van der Waals surface area contributed by atoms with E-state index in [0.29, 0.717) is 0 Å². The fourth-order valence-electron chi connectivity index (χ4n) is 4.15. The van der Waals surface area contributed by atoms with Crippen LogP contribution in [0.4, 0.5) is 5.69 Å². The van der Waals surface area contributed by atoms with E-state index >= 15 is 0 Å². The Morgan fingerprint density at radius 3 is 2.30 bits per heavy atom. The van der Waals surface area contributed by atoms with Crippen LogP contribution in [0.5, 0.6) is 0 Å². The summed E-state index contributed by atoms with van der Waals surface area (Å²) in [6.45, 7) is 9.57. The molecule has 3 heteroatoms. The predicted octanol–water partition coefficient (Wildman–Crippen LogP) is 6.24. The van der Waals surface area contributed by atoms with Gasteiger partial charge in [0.15, 0.2) is 0 Å². The molecule has 0 saturated carbocycles. The molecule has 0 unspecified atom stereocenters. The highest BCUT2D eigenvalue weighted by Gasteiger charge is 2.17. The normalized spacial score (nSPS) is 13.4. The van der Waals surface area contributed by atoms with Crippen LogP contribution in [0.1, 0.15) is 51.2 Å². The zero-order chi connectivity index (χ0) is 21.3.